The van der Waals surface area contributed by atoms with E-state index in [4.69, 9.17) is 23.2 Å². The second kappa shape index (κ2) is 13.8. The van der Waals surface area contributed by atoms with Crippen LogP contribution in [-0.4, -0.2) is 44.3 Å². The van der Waals surface area contributed by atoms with Gasteiger partial charge in [0.25, 0.3) is 10.0 Å². The first-order valence-corrected chi connectivity index (χ1v) is 14.6. The normalized spacial score (nSPS) is 12.0. The van der Waals surface area contributed by atoms with Gasteiger partial charge in [0.1, 0.15) is 18.4 Å². The van der Waals surface area contributed by atoms with Crippen LogP contribution >= 0.6 is 23.2 Å². The number of amides is 2. The van der Waals surface area contributed by atoms with Gasteiger partial charge in [0.15, 0.2) is 0 Å². The average Bonchev–Trinajstić information content (AvgIpc) is 2.92. The molecule has 0 aromatic heterocycles. The van der Waals surface area contributed by atoms with Crippen LogP contribution in [0.25, 0.3) is 0 Å². The minimum absolute atomic E-state index is 0.0609. The van der Waals surface area contributed by atoms with Gasteiger partial charge in [0.05, 0.1) is 20.6 Å². The molecule has 0 bridgehead atoms. The van der Waals surface area contributed by atoms with Gasteiger partial charge in [-0.1, -0.05) is 72.9 Å². The van der Waals surface area contributed by atoms with Crippen molar-refractivity contribution in [1.82, 2.24) is 10.2 Å². The lowest BCUT2D eigenvalue weighted by Gasteiger charge is -2.32. The molecule has 0 fully saturated rings. The number of rotatable bonds is 12. The maximum atomic E-state index is 14.9. The molecular formula is C28H30Cl2FN3O4S. The third-order valence-corrected chi connectivity index (χ3v) is 8.58. The van der Waals surface area contributed by atoms with Crippen molar-refractivity contribution in [3.8, 4) is 0 Å². The van der Waals surface area contributed by atoms with E-state index in [0.29, 0.717) is 17.1 Å². The molecule has 11 heteroatoms. The first-order chi connectivity index (χ1) is 18.6. The van der Waals surface area contributed by atoms with Gasteiger partial charge in [0.2, 0.25) is 11.8 Å². The van der Waals surface area contributed by atoms with Gasteiger partial charge in [-0.3, -0.25) is 13.9 Å². The molecule has 0 aliphatic rings. The molecule has 1 N–H and O–H groups in total. The van der Waals surface area contributed by atoms with Crippen LogP contribution in [0.15, 0.2) is 77.7 Å². The Bertz CT molecular complexity index is 1410. The summed E-state index contributed by atoms with van der Waals surface area (Å²) in [7, 11) is -4.35. The minimum atomic E-state index is -4.35. The number of carbonyl (C=O) groups is 2. The molecule has 0 radical (unpaired) electrons. The average molecular weight is 595 g/mol. The highest BCUT2D eigenvalue weighted by Crippen LogP contribution is 2.27. The number of para-hydroxylation sites is 1. The van der Waals surface area contributed by atoms with E-state index in [-0.39, 0.29) is 22.2 Å². The summed E-state index contributed by atoms with van der Waals surface area (Å²) in [5.74, 6) is -1.92. The van der Waals surface area contributed by atoms with E-state index in [1.165, 1.54) is 47.4 Å². The Kier molecular flexibility index (Phi) is 10.7. The summed E-state index contributed by atoms with van der Waals surface area (Å²) in [6.45, 7) is 3.16. The molecule has 208 valence electrons. The second-order valence-electron chi connectivity index (χ2n) is 8.87. The molecule has 0 aliphatic carbocycles. The Morgan fingerprint density at radius 3 is 2.28 bits per heavy atom. The molecule has 0 unspecified atom stereocenters. The lowest BCUT2D eigenvalue weighted by Crippen LogP contribution is -2.51. The van der Waals surface area contributed by atoms with Crippen LogP contribution in [0, 0.1) is 5.82 Å². The predicted molar refractivity (Wildman–Crippen MR) is 152 cm³/mol. The van der Waals surface area contributed by atoms with Crippen LogP contribution in [0.5, 0.6) is 0 Å². The number of halogens is 3. The summed E-state index contributed by atoms with van der Waals surface area (Å²) in [5.41, 5.74) is 0.290. The Morgan fingerprint density at radius 2 is 1.64 bits per heavy atom. The molecule has 2 amide bonds. The van der Waals surface area contributed by atoms with E-state index in [1.807, 2.05) is 6.92 Å². The van der Waals surface area contributed by atoms with E-state index in [1.54, 1.807) is 31.2 Å². The molecule has 0 spiro atoms. The number of unbranched alkanes of at least 4 members (excludes halogenated alkanes) is 1. The highest BCUT2D eigenvalue weighted by molar-refractivity contribution is 7.92. The monoisotopic (exact) mass is 593 g/mol. The van der Waals surface area contributed by atoms with E-state index in [0.717, 1.165) is 23.2 Å². The number of hydrogen-bond acceptors (Lipinski definition) is 4. The fourth-order valence-electron chi connectivity index (χ4n) is 3.84. The molecule has 3 aromatic rings. The second-order valence-corrected chi connectivity index (χ2v) is 11.5. The number of nitrogens with zero attached hydrogens (tertiary/aromatic N) is 2. The maximum absolute atomic E-state index is 14.9. The summed E-state index contributed by atoms with van der Waals surface area (Å²) in [5, 5.41) is 3.39. The minimum Gasteiger partial charge on any atom is -0.354 e. The molecule has 3 aromatic carbocycles. The number of carbonyl (C=O) groups excluding carboxylic acids is 2. The van der Waals surface area contributed by atoms with Gasteiger partial charge in [-0.2, -0.15) is 0 Å². The van der Waals surface area contributed by atoms with Crippen molar-refractivity contribution >= 4 is 50.7 Å². The summed E-state index contributed by atoms with van der Waals surface area (Å²) >= 11 is 12.2. The molecule has 0 heterocycles. The predicted octanol–water partition coefficient (Wildman–Crippen LogP) is 5.66. The van der Waals surface area contributed by atoms with Crippen LogP contribution < -0.4 is 9.62 Å². The quantitative estimate of drug-likeness (QED) is 0.274. The topological polar surface area (TPSA) is 86.8 Å². The molecule has 39 heavy (non-hydrogen) atoms. The first kappa shape index (κ1) is 30.4. The van der Waals surface area contributed by atoms with Crippen LogP contribution in [-0.2, 0) is 26.2 Å². The van der Waals surface area contributed by atoms with Crippen LogP contribution in [0.4, 0.5) is 10.1 Å². The number of sulfonamides is 1. The maximum Gasteiger partial charge on any atom is 0.264 e. The van der Waals surface area contributed by atoms with Crippen LogP contribution in [0.3, 0.4) is 0 Å². The Labute approximate surface area is 238 Å². The third kappa shape index (κ3) is 7.71. The fraction of sp³-hybridized carbons (Fsp3) is 0.286. The van der Waals surface area contributed by atoms with Crippen molar-refractivity contribution < 1.29 is 22.4 Å². The number of hydrogen-bond donors (Lipinski definition) is 1. The molecule has 7 nitrogen and oxygen atoms in total. The molecule has 1 atom stereocenters. The van der Waals surface area contributed by atoms with Gasteiger partial charge in [-0.05, 0) is 55.3 Å². The molecule has 0 aliphatic heterocycles. The summed E-state index contributed by atoms with van der Waals surface area (Å²) in [6, 6.07) is 16.6. The largest absolute Gasteiger partial charge is 0.354 e. The SMILES string of the molecule is CCCCNC(=O)[C@@H](C)N(Cc1ccc(Cl)c(Cl)c1)C(=O)CN(c1ccccc1F)S(=O)(=O)c1ccccc1. The lowest BCUT2D eigenvalue weighted by molar-refractivity contribution is -0.139. The van der Waals surface area contributed by atoms with Crippen molar-refractivity contribution in [3.63, 3.8) is 0 Å². The smallest absolute Gasteiger partial charge is 0.264 e. The highest BCUT2D eigenvalue weighted by atomic mass is 35.5. The van der Waals surface area contributed by atoms with Crippen molar-refractivity contribution in [3.05, 3.63) is 94.2 Å². The van der Waals surface area contributed by atoms with Crippen LogP contribution in [0.2, 0.25) is 10.0 Å². The summed E-state index contributed by atoms with van der Waals surface area (Å²) in [4.78, 5) is 27.9. The van der Waals surface area contributed by atoms with E-state index in [2.05, 4.69) is 5.32 Å². The zero-order valence-corrected chi connectivity index (χ0v) is 23.9. The van der Waals surface area contributed by atoms with Crippen LogP contribution in [0.1, 0.15) is 32.3 Å². The zero-order chi connectivity index (χ0) is 28.6. The Morgan fingerprint density at radius 1 is 0.974 bits per heavy atom. The van der Waals surface area contributed by atoms with Crippen molar-refractivity contribution in [2.75, 3.05) is 17.4 Å². The van der Waals surface area contributed by atoms with Gasteiger partial charge >= 0.3 is 0 Å². The number of nitrogens with one attached hydrogen (secondary N) is 1. The Hall–Kier alpha value is -3.14. The van der Waals surface area contributed by atoms with Crippen molar-refractivity contribution in [1.29, 1.82) is 0 Å². The van der Waals surface area contributed by atoms with Crippen molar-refractivity contribution in [2.45, 2.75) is 44.2 Å². The Balaban J connectivity index is 2.01. The third-order valence-electron chi connectivity index (χ3n) is 6.07. The van der Waals surface area contributed by atoms with Gasteiger partial charge in [-0.15, -0.1) is 0 Å². The van der Waals surface area contributed by atoms with E-state index in [9.17, 15) is 22.4 Å². The molecular weight excluding hydrogens is 564 g/mol. The van der Waals surface area contributed by atoms with Gasteiger partial charge in [-0.25, -0.2) is 12.8 Å². The molecule has 0 saturated carbocycles. The summed E-state index contributed by atoms with van der Waals surface area (Å²) in [6.07, 6.45) is 1.63. The number of anilines is 1. The van der Waals surface area contributed by atoms with E-state index < -0.39 is 40.2 Å². The van der Waals surface area contributed by atoms with E-state index >= 15 is 0 Å². The number of benzene rings is 3. The fourth-order valence-corrected chi connectivity index (χ4v) is 5.60. The zero-order valence-electron chi connectivity index (χ0n) is 21.6. The lowest BCUT2D eigenvalue weighted by atomic mass is 10.1. The van der Waals surface area contributed by atoms with Gasteiger partial charge in [0, 0.05) is 13.1 Å². The van der Waals surface area contributed by atoms with Gasteiger partial charge < -0.3 is 10.2 Å². The first-order valence-electron chi connectivity index (χ1n) is 12.4. The molecule has 0 saturated heterocycles. The van der Waals surface area contributed by atoms with Crippen molar-refractivity contribution in [2.24, 2.45) is 0 Å². The summed E-state index contributed by atoms with van der Waals surface area (Å²) < 4.78 is 42.9. The standard InChI is InChI=1S/C28H30Cl2FN3O4S/c1-3-4-16-32-28(36)20(2)33(18-21-14-15-23(29)24(30)17-21)27(35)19-34(26-13-9-8-12-25(26)31)39(37,38)22-10-6-5-7-11-22/h5-15,17,20H,3-4,16,18-19H2,1-2H3,(H,32,36)/t20-/m1/s1. The molecule has 3 rings (SSSR count). The highest BCUT2D eigenvalue weighted by Gasteiger charge is 2.33.